The molecule has 0 bridgehead atoms. The molecule has 0 atom stereocenters. The van der Waals surface area contributed by atoms with Gasteiger partial charge in [0.15, 0.2) is 10.8 Å². The molecule has 0 unspecified atom stereocenters. The fourth-order valence-corrected chi connectivity index (χ4v) is 2.42. The lowest BCUT2D eigenvalue weighted by molar-refractivity contribution is 0.181. The van der Waals surface area contributed by atoms with Crippen LogP contribution in [0.1, 0.15) is 11.4 Å². The summed E-state index contributed by atoms with van der Waals surface area (Å²) < 4.78 is 29.1. The smallest absolute Gasteiger partial charge is 0.278 e. The van der Waals surface area contributed by atoms with Gasteiger partial charge in [0.25, 0.3) is 9.05 Å². The van der Waals surface area contributed by atoms with Crippen LogP contribution in [0.2, 0.25) is 0 Å². The predicted molar refractivity (Wildman–Crippen MR) is 67.6 cm³/mol. The molecule has 0 saturated carbocycles. The monoisotopic (exact) mass is 302 g/mol. The lowest BCUT2D eigenvalue weighted by Gasteiger charge is -2.02. The van der Waals surface area contributed by atoms with Crippen LogP contribution >= 0.6 is 10.7 Å². The lowest BCUT2D eigenvalue weighted by Crippen LogP contribution is -2.07. The molecule has 0 amide bonds. The molecule has 0 spiro atoms. The van der Waals surface area contributed by atoms with E-state index in [-0.39, 0.29) is 17.5 Å². The first-order chi connectivity index (χ1) is 8.91. The van der Waals surface area contributed by atoms with Crippen LogP contribution in [0.25, 0.3) is 5.82 Å². The summed E-state index contributed by atoms with van der Waals surface area (Å²) >= 11 is 0. The minimum atomic E-state index is -3.94. The number of hydrogen-bond acceptors (Lipinski definition) is 6. The fraction of sp³-hybridized carbons (Fsp3) is 0.300. The Hall–Kier alpha value is -1.51. The summed E-state index contributed by atoms with van der Waals surface area (Å²) in [5.41, 5.74) is 1.15. The molecule has 0 fully saturated rings. The van der Waals surface area contributed by atoms with Crippen LogP contribution < -0.4 is 0 Å². The van der Waals surface area contributed by atoms with E-state index in [1.54, 1.807) is 19.1 Å². The van der Waals surface area contributed by atoms with Crippen LogP contribution in [0.5, 0.6) is 0 Å². The minimum absolute atomic E-state index is 0.167. The Bertz CT molecular complexity index is 681. The molecule has 19 heavy (non-hydrogen) atoms. The molecule has 102 valence electrons. The Morgan fingerprint density at radius 1 is 1.37 bits per heavy atom. The molecule has 2 aromatic rings. The van der Waals surface area contributed by atoms with Crippen LogP contribution in [0.15, 0.2) is 23.2 Å². The molecule has 9 heteroatoms. The van der Waals surface area contributed by atoms with Gasteiger partial charge in [-0.2, -0.15) is 10.2 Å². The first-order valence-electron chi connectivity index (χ1n) is 5.25. The molecule has 0 radical (unpaired) electrons. The highest BCUT2D eigenvalue weighted by Gasteiger charge is 2.21. The Labute approximate surface area is 114 Å². The summed E-state index contributed by atoms with van der Waals surface area (Å²) in [5.74, 6) is 0.271. The number of methoxy groups -OCH3 is 1. The molecule has 0 aromatic carbocycles. The van der Waals surface area contributed by atoms with Gasteiger partial charge in [0.1, 0.15) is 0 Å². The first-order valence-corrected chi connectivity index (χ1v) is 7.56. The largest absolute Gasteiger partial charge is 0.378 e. The van der Waals surface area contributed by atoms with Gasteiger partial charge in [0.2, 0.25) is 0 Å². The van der Waals surface area contributed by atoms with E-state index in [4.69, 9.17) is 15.4 Å². The highest BCUT2D eigenvalue weighted by atomic mass is 35.7. The van der Waals surface area contributed by atoms with Gasteiger partial charge in [-0.1, -0.05) is 0 Å². The van der Waals surface area contributed by atoms with Gasteiger partial charge >= 0.3 is 0 Å². The van der Waals surface area contributed by atoms with E-state index in [2.05, 4.69) is 15.3 Å². The molecule has 0 aliphatic heterocycles. The molecule has 0 N–H and O–H groups in total. The molecule has 0 aliphatic carbocycles. The third kappa shape index (κ3) is 3.09. The van der Waals surface area contributed by atoms with Gasteiger partial charge in [-0.05, 0) is 19.1 Å². The second-order valence-electron chi connectivity index (χ2n) is 3.79. The summed E-state index contributed by atoms with van der Waals surface area (Å²) in [6.07, 6.45) is 0. The van der Waals surface area contributed by atoms with Crippen molar-refractivity contribution in [2.75, 3.05) is 7.11 Å². The molecule has 0 aliphatic rings. The third-order valence-corrected chi connectivity index (χ3v) is 3.53. The topological polar surface area (TPSA) is 87.0 Å². The normalized spacial score (nSPS) is 11.7. The van der Waals surface area contributed by atoms with Crippen molar-refractivity contribution in [2.24, 2.45) is 0 Å². The molecule has 2 rings (SSSR count). The molecule has 2 heterocycles. The van der Waals surface area contributed by atoms with E-state index in [1.165, 1.54) is 13.2 Å². The Kier molecular flexibility index (Phi) is 3.83. The Morgan fingerprint density at radius 2 is 2.11 bits per heavy atom. The van der Waals surface area contributed by atoms with Crippen LogP contribution in [0.3, 0.4) is 0 Å². The van der Waals surface area contributed by atoms with Crippen molar-refractivity contribution in [3.63, 3.8) is 0 Å². The standard InChI is InChI=1S/C10H11ClN4O3S/c1-7-3-4-9(13-12-7)15-10(19(11,16)17)5-8(14-15)6-18-2/h3-5H,6H2,1-2H3. The molecule has 2 aromatic heterocycles. The van der Waals surface area contributed by atoms with Crippen molar-refractivity contribution in [2.45, 2.75) is 18.6 Å². The van der Waals surface area contributed by atoms with E-state index in [0.717, 1.165) is 4.68 Å². The van der Waals surface area contributed by atoms with Crippen LogP contribution in [0.4, 0.5) is 0 Å². The van der Waals surface area contributed by atoms with E-state index in [1.807, 2.05) is 0 Å². The molecule has 7 nitrogen and oxygen atoms in total. The zero-order chi connectivity index (χ0) is 14.0. The zero-order valence-electron chi connectivity index (χ0n) is 10.2. The second-order valence-corrected chi connectivity index (χ2v) is 6.30. The quantitative estimate of drug-likeness (QED) is 0.784. The fourth-order valence-electron chi connectivity index (χ4n) is 1.47. The van der Waals surface area contributed by atoms with Gasteiger partial charge in [-0.15, -0.1) is 5.10 Å². The number of aromatic nitrogens is 4. The SMILES string of the molecule is COCc1cc(S(=O)(=O)Cl)n(-c2ccc(C)nn2)n1. The van der Waals surface area contributed by atoms with E-state index < -0.39 is 9.05 Å². The number of hydrogen-bond donors (Lipinski definition) is 0. The van der Waals surface area contributed by atoms with Crippen molar-refractivity contribution >= 4 is 19.7 Å². The summed E-state index contributed by atoms with van der Waals surface area (Å²) in [6.45, 7) is 1.95. The maximum absolute atomic E-state index is 11.5. The highest BCUT2D eigenvalue weighted by Crippen LogP contribution is 2.20. The average molecular weight is 303 g/mol. The first kappa shape index (κ1) is 13.9. The van der Waals surface area contributed by atoms with Crippen LogP contribution in [-0.2, 0) is 20.4 Å². The summed E-state index contributed by atoms with van der Waals surface area (Å²) in [5, 5.41) is 11.7. The molecular weight excluding hydrogens is 292 g/mol. The van der Waals surface area contributed by atoms with Crippen molar-refractivity contribution < 1.29 is 13.2 Å². The number of aryl methyl sites for hydroxylation is 1. The van der Waals surface area contributed by atoms with Crippen molar-refractivity contribution in [3.8, 4) is 5.82 Å². The van der Waals surface area contributed by atoms with E-state index in [9.17, 15) is 8.42 Å². The van der Waals surface area contributed by atoms with Gasteiger partial charge in [-0.3, -0.25) is 0 Å². The molecule has 0 saturated heterocycles. The predicted octanol–water partition coefficient (Wildman–Crippen LogP) is 1.04. The van der Waals surface area contributed by atoms with Gasteiger partial charge < -0.3 is 4.74 Å². The lowest BCUT2D eigenvalue weighted by atomic mass is 10.4. The van der Waals surface area contributed by atoms with Crippen LogP contribution in [-0.4, -0.2) is 35.5 Å². The Morgan fingerprint density at radius 3 is 2.63 bits per heavy atom. The van der Waals surface area contributed by atoms with Gasteiger partial charge in [-0.25, -0.2) is 13.1 Å². The highest BCUT2D eigenvalue weighted by molar-refractivity contribution is 8.13. The maximum Gasteiger partial charge on any atom is 0.278 e. The van der Waals surface area contributed by atoms with Crippen molar-refractivity contribution in [1.29, 1.82) is 0 Å². The summed E-state index contributed by atoms with van der Waals surface area (Å²) in [7, 11) is 2.93. The second kappa shape index (κ2) is 5.24. The van der Waals surface area contributed by atoms with Gasteiger partial charge in [0.05, 0.1) is 18.0 Å². The minimum Gasteiger partial charge on any atom is -0.378 e. The van der Waals surface area contributed by atoms with Gasteiger partial charge in [0, 0.05) is 23.9 Å². The number of ether oxygens (including phenoxy) is 1. The average Bonchev–Trinajstić information content (AvgIpc) is 2.74. The Balaban J connectivity index is 2.57. The summed E-state index contributed by atoms with van der Waals surface area (Å²) in [6, 6.07) is 4.65. The van der Waals surface area contributed by atoms with E-state index in [0.29, 0.717) is 11.4 Å². The third-order valence-electron chi connectivity index (χ3n) is 2.27. The summed E-state index contributed by atoms with van der Waals surface area (Å²) in [4.78, 5) is 0. The van der Waals surface area contributed by atoms with Crippen molar-refractivity contribution in [1.82, 2.24) is 20.0 Å². The van der Waals surface area contributed by atoms with Crippen LogP contribution in [0, 0.1) is 6.92 Å². The molecular formula is C10H11ClN4O3S. The number of halogens is 1. The number of nitrogens with zero attached hydrogens (tertiary/aromatic N) is 4. The van der Waals surface area contributed by atoms with E-state index >= 15 is 0 Å². The maximum atomic E-state index is 11.5. The zero-order valence-corrected chi connectivity index (χ0v) is 11.8. The van der Waals surface area contributed by atoms with Crippen molar-refractivity contribution in [3.05, 3.63) is 29.6 Å². The number of rotatable bonds is 4.